The molecule has 0 bridgehead atoms. The molecule has 0 aromatic carbocycles. The number of unbranched alkanes of at least 4 members (excludes halogenated alkanes) is 2. The van der Waals surface area contributed by atoms with Crippen LogP contribution in [0.4, 0.5) is 0 Å². The number of hydrogen-bond acceptors (Lipinski definition) is 16. The average Bonchev–Trinajstić information content (AvgIpc) is 2.98. The summed E-state index contributed by atoms with van der Waals surface area (Å²) in [5, 5.41) is 77.1. The van der Waals surface area contributed by atoms with Crippen molar-refractivity contribution in [1.29, 1.82) is 0 Å². The summed E-state index contributed by atoms with van der Waals surface area (Å²) >= 11 is 0. The van der Waals surface area contributed by atoms with E-state index in [0.29, 0.717) is 51.4 Å². The van der Waals surface area contributed by atoms with Gasteiger partial charge in [-0.1, -0.05) is 94.9 Å². The molecular formula is C38H68O16Ti2. The molecule has 0 aliphatic rings. The Morgan fingerprint density at radius 3 is 0.571 bits per heavy atom. The fourth-order valence-electron chi connectivity index (χ4n) is 2.40. The Kier molecular flexibility index (Phi) is 94.4. The zero-order chi connectivity index (χ0) is 44.5. The van der Waals surface area contributed by atoms with Crippen molar-refractivity contribution in [3.05, 3.63) is 0 Å². The summed E-state index contributed by atoms with van der Waals surface area (Å²) in [5.74, 6) is -6.14. The van der Waals surface area contributed by atoms with E-state index >= 15 is 0 Å². The molecule has 0 fully saturated rings. The van der Waals surface area contributed by atoms with E-state index in [1.165, 1.54) is 0 Å². The summed E-state index contributed by atoms with van der Waals surface area (Å²) in [5.41, 5.74) is 0. The van der Waals surface area contributed by atoms with Gasteiger partial charge in [-0.05, 0) is 25.7 Å². The largest absolute Gasteiger partial charge is 4.00 e. The van der Waals surface area contributed by atoms with Crippen molar-refractivity contribution in [1.82, 2.24) is 0 Å². The third-order valence-electron chi connectivity index (χ3n) is 4.48. The number of carboxylic acids is 4. The van der Waals surface area contributed by atoms with E-state index < -0.39 is 61.8 Å². The van der Waals surface area contributed by atoms with Gasteiger partial charge in [0.25, 0.3) is 0 Å². The molecule has 0 aromatic heterocycles. The van der Waals surface area contributed by atoms with Crippen LogP contribution in [-0.4, -0.2) is 72.4 Å². The van der Waals surface area contributed by atoms with Gasteiger partial charge in [-0.25, -0.2) is 0 Å². The molecule has 0 aromatic rings. The number of hydrogen-bond donors (Lipinski definition) is 0. The van der Waals surface area contributed by atoms with Gasteiger partial charge < -0.3 is 60.0 Å². The van der Waals surface area contributed by atoms with Crippen LogP contribution in [0.25, 0.3) is 0 Å². The van der Waals surface area contributed by atoms with Crippen LogP contribution < -0.4 is 40.9 Å². The SMILES string of the molecule is CC(C)[O-].CC(C)[O-].CCCC(=O)CC(=O)[O-].CCCC(=O)CC(=O)[O-].CCCC(=O)CC(=O)[O-].CCCC(=O)CC(=O)[O-].CCCC[O-].CCCC[O-].[Ti+4].[Ti+4]. The molecule has 0 N–H and O–H groups in total. The van der Waals surface area contributed by atoms with Crippen LogP contribution in [0.3, 0.4) is 0 Å². The molecule has 0 saturated heterocycles. The normalized spacial score (nSPS) is 8.57. The van der Waals surface area contributed by atoms with Crippen molar-refractivity contribution in [2.45, 2.75) is 184 Å². The van der Waals surface area contributed by atoms with E-state index in [9.17, 15) is 79.2 Å². The van der Waals surface area contributed by atoms with Crippen LogP contribution in [0.5, 0.6) is 0 Å². The van der Waals surface area contributed by atoms with Gasteiger partial charge in [0.05, 0.1) is 0 Å². The molecule has 16 nitrogen and oxygen atoms in total. The van der Waals surface area contributed by atoms with Gasteiger partial charge in [0.1, 0.15) is 23.1 Å². The summed E-state index contributed by atoms with van der Waals surface area (Å²) in [6.45, 7) is 18.0. The van der Waals surface area contributed by atoms with E-state index in [1.807, 2.05) is 41.5 Å². The van der Waals surface area contributed by atoms with E-state index in [2.05, 4.69) is 0 Å². The van der Waals surface area contributed by atoms with Gasteiger partial charge in [-0.15, -0.1) is 25.4 Å². The molecule has 0 heterocycles. The van der Waals surface area contributed by atoms with Gasteiger partial charge in [0, 0.05) is 75.2 Å². The molecule has 0 aliphatic carbocycles. The Hall–Kier alpha value is -2.17. The first kappa shape index (κ1) is 78.2. The second-order valence-corrected chi connectivity index (χ2v) is 11.6. The summed E-state index contributed by atoms with van der Waals surface area (Å²) in [6, 6.07) is 0. The number of carboxylic acid groups (broad SMARTS) is 4. The maximum absolute atomic E-state index is 10.4. The standard InChI is InChI=1S/4C6H10O3.2C4H9O.2C3H7O.2Ti/c4*1-2-3-5(7)4-6(8)9;2*1-2-3-4-5;2*1-3(2)4;;/h4*2-4H2,1H3,(H,8,9);2*2-4H2,1H3;2*3H,1-2H3;;/q;;;;4*-1;2*+4/p-4. The van der Waals surface area contributed by atoms with Crippen molar-refractivity contribution >= 4 is 47.0 Å². The first-order valence-electron chi connectivity index (χ1n) is 18.3. The van der Waals surface area contributed by atoms with Crippen molar-refractivity contribution in [3.63, 3.8) is 0 Å². The van der Waals surface area contributed by atoms with Crippen LogP contribution in [0, 0.1) is 0 Å². The Bertz CT molecular complexity index is 771. The zero-order valence-corrected chi connectivity index (χ0v) is 38.5. The second kappa shape index (κ2) is 67.6. The number of Topliss-reactive ketones (excluding diaryl/α,β-unsaturated/α-hetero) is 4. The van der Waals surface area contributed by atoms with E-state index in [-0.39, 0.29) is 79.8 Å². The molecule has 56 heavy (non-hydrogen) atoms. The van der Waals surface area contributed by atoms with E-state index in [1.54, 1.807) is 27.7 Å². The van der Waals surface area contributed by atoms with Gasteiger partial charge >= 0.3 is 43.4 Å². The number of carbonyl (C=O) groups is 8. The van der Waals surface area contributed by atoms with Crippen LogP contribution in [0.15, 0.2) is 0 Å². The number of aliphatic carboxylic acids is 4. The predicted molar refractivity (Wildman–Crippen MR) is 188 cm³/mol. The fourth-order valence-corrected chi connectivity index (χ4v) is 2.40. The minimum atomic E-state index is -1.28. The Balaban J connectivity index is -0.0000000548. The molecule has 0 radical (unpaired) electrons. The van der Waals surface area contributed by atoms with Crippen molar-refractivity contribution in [2.24, 2.45) is 0 Å². The van der Waals surface area contributed by atoms with Crippen molar-refractivity contribution in [2.75, 3.05) is 13.2 Å². The quantitative estimate of drug-likeness (QED) is 0.0924. The van der Waals surface area contributed by atoms with Crippen molar-refractivity contribution < 1.29 is 123 Å². The molecule has 0 spiro atoms. The van der Waals surface area contributed by atoms with Gasteiger partial charge in [0.15, 0.2) is 0 Å². The first-order valence-corrected chi connectivity index (χ1v) is 18.3. The first-order chi connectivity index (χ1) is 24.9. The Labute approximate surface area is 365 Å². The van der Waals surface area contributed by atoms with Crippen LogP contribution in [0.1, 0.15) is 172 Å². The average molecular weight is 877 g/mol. The third kappa shape index (κ3) is 150. The molecule has 0 rings (SSSR count). The van der Waals surface area contributed by atoms with E-state index in [4.69, 9.17) is 0 Å². The zero-order valence-electron chi connectivity index (χ0n) is 35.4. The van der Waals surface area contributed by atoms with Crippen molar-refractivity contribution in [3.8, 4) is 0 Å². The molecule has 18 heteroatoms. The predicted octanol–water partition coefficient (Wildman–Crippen LogP) is -2.22. The van der Waals surface area contributed by atoms with E-state index in [0.717, 1.165) is 25.7 Å². The fraction of sp³-hybridized carbons (Fsp3) is 0.789. The van der Waals surface area contributed by atoms with Crippen LogP contribution in [-0.2, 0) is 81.8 Å². The number of carbonyl (C=O) groups excluding carboxylic acids is 8. The number of rotatable bonds is 20. The molecule has 324 valence electrons. The molecule has 0 amide bonds. The maximum Gasteiger partial charge on any atom is 4.00 e. The summed E-state index contributed by atoms with van der Waals surface area (Å²) in [4.78, 5) is 80.7. The van der Waals surface area contributed by atoms with Gasteiger partial charge in [-0.3, -0.25) is 19.2 Å². The Morgan fingerprint density at radius 2 is 0.518 bits per heavy atom. The number of ketones is 4. The topological polar surface area (TPSA) is 321 Å². The van der Waals surface area contributed by atoms with Crippen LogP contribution in [0.2, 0.25) is 0 Å². The molecule has 0 saturated carbocycles. The minimum absolute atomic E-state index is 0. The van der Waals surface area contributed by atoms with Gasteiger partial charge in [-0.2, -0.15) is 0 Å². The molecular weight excluding hydrogens is 808 g/mol. The molecule has 0 atom stereocenters. The second-order valence-electron chi connectivity index (χ2n) is 11.6. The molecule has 0 unspecified atom stereocenters. The summed E-state index contributed by atoms with van der Waals surface area (Å²) in [7, 11) is 0. The smallest absolute Gasteiger partial charge is 0.854 e. The third-order valence-corrected chi connectivity index (χ3v) is 4.48. The van der Waals surface area contributed by atoms with Crippen LogP contribution >= 0.6 is 0 Å². The monoisotopic (exact) mass is 876 g/mol. The Morgan fingerprint density at radius 1 is 0.375 bits per heavy atom. The minimum Gasteiger partial charge on any atom is -0.854 e. The molecule has 0 aliphatic heterocycles. The van der Waals surface area contributed by atoms with Gasteiger partial charge in [0.2, 0.25) is 0 Å². The summed E-state index contributed by atoms with van der Waals surface area (Å²) < 4.78 is 0. The maximum atomic E-state index is 10.4. The summed E-state index contributed by atoms with van der Waals surface area (Å²) in [6.07, 6.45) is 5.32.